The Balaban J connectivity index is 1.28. The molecule has 0 aliphatic carbocycles. The molecule has 0 amide bonds. The van der Waals surface area contributed by atoms with E-state index in [1.165, 1.54) is 21.2 Å². The summed E-state index contributed by atoms with van der Waals surface area (Å²) in [6.45, 7) is 4.09. The third-order valence-electron chi connectivity index (χ3n) is 6.07. The minimum Gasteiger partial charge on any atom is -0.493 e. The molecule has 0 unspecified atom stereocenters. The van der Waals surface area contributed by atoms with Gasteiger partial charge in [0.25, 0.3) is 0 Å². The normalized spacial score (nSPS) is 13.7. The van der Waals surface area contributed by atoms with Crippen molar-refractivity contribution in [3.8, 4) is 11.5 Å². The number of hydrogen-bond acceptors (Lipinski definition) is 5. The molecule has 1 aromatic heterocycles. The number of thiophene rings is 1. The second kappa shape index (κ2) is 9.98. The first-order valence-electron chi connectivity index (χ1n) is 10.8. The lowest BCUT2D eigenvalue weighted by molar-refractivity contribution is 0.308. The van der Waals surface area contributed by atoms with Gasteiger partial charge in [0.05, 0.1) is 14.2 Å². The van der Waals surface area contributed by atoms with E-state index in [0.717, 1.165) is 67.5 Å². The van der Waals surface area contributed by atoms with Gasteiger partial charge in [-0.2, -0.15) is 0 Å². The molecule has 164 valence electrons. The molecule has 0 N–H and O–H groups in total. The van der Waals surface area contributed by atoms with Crippen LogP contribution >= 0.6 is 23.6 Å². The van der Waals surface area contributed by atoms with Crippen molar-refractivity contribution in [2.24, 2.45) is 0 Å². The van der Waals surface area contributed by atoms with Crippen LogP contribution in [0.4, 0.5) is 0 Å². The number of ether oxygens (including phenoxy) is 2. The number of fused-ring (bicyclic) bond motifs is 2. The van der Waals surface area contributed by atoms with Crippen molar-refractivity contribution in [2.75, 3.05) is 47.4 Å². The average Bonchev–Trinajstić information content (AvgIpc) is 3.21. The molecule has 0 bridgehead atoms. The molecular weight excluding hydrogens is 424 g/mol. The highest BCUT2D eigenvalue weighted by atomic mass is 32.1. The highest BCUT2D eigenvalue weighted by Gasteiger charge is 2.23. The van der Waals surface area contributed by atoms with Gasteiger partial charge in [0, 0.05) is 29.9 Å². The number of hydrogen-bond donors (Lipinski definition) is 0. The van der Waals surface area contributed by atoms with Gasteiger partial charge in [-0.05, 0) is 72.9 Å². The lowest BCUT2D eigenvalue weighted by Gasteiger charge is -2.32. The van der Waals surface area contributed by atoms with Crippen LogP contribution in [0, 0.1) is 0 Å². The van der Waals surface area contributed by atoms with Crippen LogP contribution in [0.25, 0.3) is 10.1 Å². The minimum absolute atomic E-state index is 0.742. The molecule has 0 radical (unpaired) electrons. The quantitative estimate of drug-likeness (QED) is 0.423. The van der Waals surface area contributed by atoms with Gasteiger partial charge >= 0.3 is 0 Å². The fourth-order valence-corrected chi connectivity index (χ4v) is 5.62. The molecule has 2 heterocycles. The van der Waals surface area contributed by atoms with Crippen molar-refractivity contribution in [2.45, 2.75) is 19.3 Å². The fourth-order valence-electron chi connectivity index (χ4n) is 4.25. The third kappa shape index (κ3) is 4.86. The molecule has 1 aliphatic heterocycles. The summed E-state index contributed by atoms with van der Waals surface area (Å²) in [5.41, 5.74) is 3.82. The molecule has 4 nitrogen and oxygen atoms in total. The van der Waals surface area contributed by atoms with Gasteiger partial charge < -0.3 is 19.3 Å². The molecule has 0 atom stereocenters. The lowest BCUT2D eigenvalue weighted by Crippen LogP contribution is -2.38. The fraction of sp³-hybridized carbons (Fsp3) is 0.400. The van der Waals surface area contributed by atoms with E-state index in [9.17, 15) is 0 Å². The second-order valence-electron chi connectivity index (χ2n) is 8.07. The van der Waals surface area contributed by atoms with Gasteiger partial charge in [-0.3, -0.25) is 0 Å². The van der Waals surface area contributed by atoms with Gasteiger partial charge in [-0.15, -0.1) is 11.3 Å². The first-order valence-corrected chi connectivity index (χ1v) is 12.1. The van der Waals surface area contributed by atoms with Crippen LogP contribution in [0.5, 0.6) is 11.5 Å². The van der Waals surface area contributed by atoms with E-state index in [1.54, 1.807) is 14.2 Å². The van der Waals surface area contributed by atoms with Crippen LogP contribution in [0.3, 0.4) is 0 Å². The largest absolute Gasteiger partial charge is 0.493 e. The zero-order valence-electron chi connectivity index (χ0n) is 18.5. The van der Waals surface area contributed by atoms with Crippen LogP contribution in [0.2, 0.25) is 0 Å². The molecule has 1 aliphatic rings. The van der Waals surface area contributed by atoms with E-state index in [-0.39, 0.29) is 0 Å². The van der Waals surface area contributed by atoms with E-state index < -0.39 is 0 Å². The summed E-state index contributed by atoms with van der Waals surface area (Å²) >= 11 is 7.66. The van der Waals surface area contributed by atoms with Gasteiger partial charge in [0.15, 0.2) is 11.5 Å². The van der Waals surface area contributed by atoms with Gasteiger partial charge in [-0.25, -0.2) is 0 Å². The van der Waals surface area contributed by atoms with Crippen molar-refractivity contribution in [1.29, 1.82) is 0 Å². The number of rotatable bonds is 9. The summed E-state index contributed by atoms with van der Waals surface area (Å²) in [5.74, 6) is 1.52. The number of likely N-dealkylation sites (N-methyl/N-ethyl adjacent to an activating group) is 1. The summed E-state index contributed by atoms with van der Waals surface area (Å²) < 4.78 is 12.3. The standard InChI is InChI=1S/C25H30N2O2S2/c1-26(13-9-19-17-31-24-8-5-4-7-20(19)24)11-6-12-27-14-10-18-15-22(28-2)23(29-3)16-21(18)25(27)30/h4-5,7-8,15-17H,6,9-14H2,1-3H3. The smallest absolute Gasteiger partial charge is 0.161 e. The Morgan fingerprint density at radius 1 is 1.10 bits per heavy atom. The van der Waals surface area contributed by atoms with Gasteiger partial charge in [-0.1, -0.05) is 30.4 Å². The average molecular weight is 455 g/mol. The maximum atomic E-state index is 5.82. The van der Waals surface area contributed by atoms with E-state index in [2.05, 4.69) is 52.6 Å². The topological polar surface area (TPSA) is 24.9 Å². The lowest BCUT2D eigenvalue weighted by atomic mass is 9.98. The third-order valence-corrected chi connectivity index (χ3v) is 7.56. The zero-order valence-corrected chi connectivity index (χ0v) is 20.2. The number of thiocarbonyl (C=S) groups is 1. The number of nitrogens with zero attached hydrogens (tertiary/aromatic N) is 2. The number of methoxy groups -OCH3 is 2. The Morgan fingerprint density at radius 2 is 1.87 bits per heavy atom. The summed E-state index contributed by atoms with van der Waals surface area (Å²) in [6.07, 6.45) is 3.18. The van der Waals surface area contributed by atoms with Crippen molar-refractivity contribution >= 4 is 38.6 Å². The van der Waals surface area contributed by atoms with Crippen molar-refractivity contribution in [1.82, 2.24) is 9.80 Å². The Morgan fingerprint density at radius 3 is 2.68 bits per heavy atom. The van der Waals surface area contributed by atoms with Crippen molar-refractivity contribution in [3.63, 3.8) is 0 Å². The maximum absolute atomic E-state index is 5.82. The predicted molar refractivity (Wildman–Crippen MR) is 134 cm³/mol. The van der Waals surface area contributed by atoms with Crippen LogP contribution in [0.1, 0.15) is 23.1 Å². The highest BCUT2D eigenvalue weighted by Crippen LogP contribution is 2.33. The van der Waals surface area contributed by atoms with Gasteiger partial charge in [0.2, 0.25) is 0 Å². The minimum atomic E-state index is 0.742. The number of benzene rings is 2. The summed E-state index contributed by atoms with van der Waals surface area (Å²) in [5, 5.41) is 3.72. The molecule has 3 aromatic rings. The molecule has 0 saturated heterocycles. The first-order chi connectivity index (χ1) is 15.1. The van der Waals surface area contributed by atoms with Crippen LogP contribution in [-0.2, 0) is 12.8 Å². The zero-order chi connectivity index (χ0) is 21.8. The van der Waals surface area contributed by atoms with Crippen LogP contribution < -0.4 is 9.47 Å². The monoisotopic (exact) mass is 454 g/mol. The highest BCUT2D eigenvalue weighted by molar-refractivity contribution is 7.80. The molecule has 0 spiro atoms. The van der Waals surface area contributed by atoms with E-state index in [4.69, 9.17) is 21.7 Å². The Labute approximate surface area is 194 Å². The Kier molecular flexibility index (Phi) is 7.10. The molecular formula is C25H30N2O2S2. The van der Waals surface area contributed by atoms with Crippen molar-refractivity contribution in [3.05, 3.63) is 58.5 Å². The van der Waals surface area contributed by atoms with Crippen LogP contribution in [0.15, 0.2) is 41.8 Å². The first kappa shape index (κ1) is 22.1. The summed E-state index contributed by atoms with van der Waals surface area (Å²) in [4.78, 5) is 5.69. The SMILES string of the molecule is COc1cc2c(cc1OC)C(=S)N(CCCN(C)CCc1csc3ccccc13)CC2. The van der Waals surface area contributed by atoms with E-state index >= 15 is 0 Å². The molecule has 0 saturated carbocycles. The second-order valence-corrected chi connectivity index (χ2v) is 9.37. The summed E-state index contributed by atoms with van der Waals surface area (Å²) in [6, 6.07) is 12.8. The van der Waals surface area contributed by atoms with E-state index in [0.29, 0.717) is 0 Å². The van der Waals surface area contributed by atoms with Crippen molar-refractivity contribution < 1.29 is 9.47 Å². The molecule has 0 fully saturated rings. The Bertz CT molecular complexity index is 1060. The van der Waals surface area contributed by atoms with Gasteiger partial charge in [0.1, 0.15) is 4.99 Å². The summed E-state index contributed by atoms with van der Waals surface area (Å²) in [7, 11) is 5.56. The van der Waals surface area contributed by atoms with E-state index in [1.807, 2.05) is 17.4 Å². The predicted octanol–water partition coefficient (Wildman–Crippen LogP) is 5.02. The maximum Gasteiger partial charge on any atom is 0.161 e. The molecule has 6 heteroatoms. The molecule has 31 heavy (non-hydrogen) atoms. The molecule has 4 rings (SSSR count). The van der Waals surface area contributed by atoms with Crippen LogP contribution in [-0.4, -0.2) is 62.2 Å². The molecule has 2 aromatic carbocycles. The Hall–Kier alpha value is -2.15.